The number of nitrogens with two attached hydrogens (primary N) is 1. The molecule has 0 aliphatic rings. The van der Waals surface area contributed by atoms with Crippen LogP contribution in [0.4, 0.5) is 0 Å². The second kappa shape index (κ2) is 4.39. The second-order valence-electron chi connectivity index (χ2n) is 3.16. The lowest BCUT2D eigenvalue weighted by molar-refractivity contribution is 0.490. The van der Waals surface area contributed by atoms with Crippen LogP contribution in [0.15, 0.2) is 45.5 Å². The molecule has 0 fully saturated rings. The Morgan fingerprint density at radius 3 is 2.80 bits per heavy atom. The van der Waals surface area contributed by atoms with Crippen LogP contribution in [0.25, 0.3) is 0 Å². The molecule has 1 aromatic heterocycles. The van der Waals surface area contributed by atoms with E-state index in [9.17, 15) is 0 Å². The van der Waals surface area contributed by atoms with Gasteiger partial charge in [0.05, 0.1) is 12.3 Å². The van der Waals surface area contributed by atoms with Crippen LogP contribution < -0.4 is 5.73 Å². The van der Waals surface area contributed by atoms with Crippen molar-refractivity contribution in [2.75, 3.05) is 0 Å². The average molecular weight is 287 g/mol. The molecule has 1 unspecified atom stereocenters. The highest BCUT2D eigenvalue weighted by atomic mass is 79.9. The number of hydrogen-bond donors (Lipinski definition) is 1. The first-order chi connectivity index (χ1) is 7.18. The first-order valence-corrected chi connectivity index (χ1v) is 5.59. The highest BCUT2D eigenvalue weighted by Gasteiger charge is 2.14. The summed E-state index contributed by atoms with van der Waals surface area (Å²) in [5.74, 6) is 0.704. The van der Waals surface area contributed by atoms with E-state index in [1.165, 1.54) is 0 Å². The lowest BCUT2D eigenvalue weighted by Gasteiger charge is -2.11. The topological polar surface area (TPSA) is 39.2 Å². The molecule has 0 amide bonds. The Bertz CT molecular complexity index is 456. The Labute approximate surface area is 101 Å². The highest BCUT2D eigenvalue weighted by molar-refractivity contribution is 9.10. The SMILES string of the molecule is NC(c1ccco1)c1cc(Br)ccc1Cl. The lowest BCUT2D eigenvalue weighted by atomic mass is 10.1. The molecule has 1 heterocycles. The van der Waals surface area contributed by atoms with Crippen LogP contribution in [0.3, 0.4) is 0 Å². The zero-order chi connectivity index (χ0) is 10.8. The summed E-state index contributed by atoms with van der Waals surface area (Å²) in [4.78, 5) is 0. The average Bonchev–Trinajstić information content (AvgIpc) is 2.74. The molecule has 1 aromatic carbocycles. The van der Waals surface area contributed by atoms with Gasteiger partial charge in [-0.05, 0) is 35.9 Å². The number of rotatable bonds is 2. The zero-order valence-electron chi connectivity index (χ0n) is 7.78. The Balaban J connectivity index is 2.41. The van der Waals surface area contributed by atoms with Gasteiger partial charge in [-0.25, -0.2) is 0 Å². The van der Waals surface area contributed by atoms with Crippen LogP contribution in [0.2, 0.25) is 5.02 Å². The van der Waals surface area contributed by atoms with E-state index in [-0.39, 0.29) is 6.04 Å². The molecule has 2 aromatic rings. The summed E-state index contributed by atoms with van der Waals surface area (Å²) in [5.41, 5.74) is 6.88. The van der Waals surface area contributed by atoms with Crippen LogP contribution in [-0.4, -0.2) is 0 Å². The van der Waals surface area contributed by atoms with Crippen LogP contribution in [0.1, 0.15) is 17.4 Å². The fraction of sp³-hybridized carbons (Fsp3) is 0.0909. The Morgan fingerprint density at radius 2 is 2.13 bits per heavy atom. The van der Waals surface area contributed by atoms with Crippen molar-refractivity contribution in [3.05, 3.63) is 57.4 Å². The summed E-state index contributed by atoms with van der Waals surface area (Å²) in [6.45, 7) is 0. The molecule has 0 spiro atoms. The summed E-state index contributed by atoms with van der Waals surface area (Å²) in [6.07, 6.45) is 1.60. The second-order valence-corrected chi connectivity index (χ2v) is 4.48. The van der Waals surface area contributed by atoms with Crippen LogP contribution >= 0.6 is 27.5 Å². The molecule has 2 rings (SSSR count). The van der Waals surface area contributed by atoms with Gasteiger partial charge in [0.2, 0.25) is 0 Å². The summed E-state index contributed by atoms with van der Waals surface area (Å²) in [5, 5.41) is 0.641. The van der Waals surface area contributed by atoms with Crippen LogP contribution in [-0.2, 0) is 0 Å². The third-order valence-electron chi connectivity index (χ3n) is 2.14. The van der Waals surface area contributed by atoms with Gasteiger partial charge in [-0.15, -0.1) is 0 Å². The molecule has 2 nitrogen and oxygen atoms in total. The van der Waals surface area contributed by atoms with E-state index in [4.69, 9.17) is 21.8 Å². The van der Waals surface area contributed by atoms with Crippen molar-refractivity contribution < 1.29 is 4.42 Å². The minimum absolute atomic E-state index is 0.329. The van der Waals surface area contributed by atoms with Gasteiger partial charge in [0.15, 0.2) is 0 Å². The van der Waals surface area contributed by atoms with E-state index >= 15 is 0 Å². The molecule has 0 bridgehead atoms. The Kier molecular flexibility index (Phi) is 3.14. The molecule has 0 aliphatic heterocycles. The van der Waals surface area contributed by atoms with Gasteiger partial charge in [-0.1, -0.05) is 27.5 Å². The molecule has 2 N–H and O–H groups in total. The maximum Gasteiger partial charge on any atom is 0.125 e. The maximum atomic E-state index is 6.07. The van der Waals surface area contributed by atoms with Crippen molar-refractivity contribution in [2.24, 2.45) is 5.73 Å². The minimum Gasteiger partial charge on any atom is -0.467 e. The molecular weight excluding hydrogens is 277 g/mol. The van der Waals surface area contributed by atoms with Gasteiger partial charge < -0.3 is 10.2 Å². The quantitative estimate of drug-likeness (QED) is 0.913. The number of halogens is 2. The van der Waals surface area contributed by atoms with Crippen molar-refractivity contribution in [2.45, 2.75) is 6.04 Å². The monoisotopic (exact) mass is 285 g/mol. The predicted molar refractivity (Wildman–Crippen MR) is 63.9 cm³/mol. The van der Waals surface area contributed by atoms with E-state index in [0.29, 0.717) is 10.8 Å². The van der Waals surface area contributed by atoms with Crippen molar-refractivity contribution in [1.29, 1.82) is 0 Å². The minimum atomic E-state index is -0.329. The fourth-order valence-corrected chi connectivity index (χ4v) is 1.99. The Morgan fingerprint density at radius 1 is 1.33 bits per heavy atom. The normalized spacial score (nSPS) is 12.7. The molecule has 0 aliphatic carbocycles. The number of benzene rings is 1. The highest BCUT2D eigenvalue weighted by Crippen LogP contribution is 2.29. The van der Waals surface area contributed by atoms with E-state index in [0.717, 1.165) is 10.0 Å². The predicted octanol–water partition coefficient (Wildman–Crippen LogP) is 3.74. The van der Waals surface area contributed by atoms with Gasteiger partial charge in [-0.2, -0.15) is 0 Å². The summed E-state index contributed by atoms with van der Waals surface area (Å²) in [7, 11) is 0. The van der Waals surface area contributed by atoms with Gasteiger partial charge >= 0.3 is 0 Å². The molecule has 0 radical (unpaired) electrons. The molecule has 1 atom stereocenters. The first-order valence-electron chi connectivity index (χ1n) is 4.42. The number of hydrogen-bond acceptors (Lipinski definition) is 2. The van der Waals surface area contributed by atoms with E-state index in [1.54, 1.807) is 12.3 Å². The number of furan rings is 1. The third-order valence-corrected chi connectivity index (χ3v) is 2.98. The summed E-state index contributed by atoms with van der Waals surface area (Å²) < 4.78 is 6.19. The van der Waals surface area contributed by atoms with Crippen molar-refractivity contribution in [3.63, 3.8) is 0 Å². The molecule has 0 saturated heterocycles. The lowest BCUT2D eigenvalue weighted by Crippen LogP contribution is -2.11. The largest absolute Gasteiger partial charge is 0.467 e. The van der Waals surface area contributed by atoms with Crippen LogP contribution in [0, 0.1) is 0 Å². The third kappa shape index (κ3) is 2.25. The van der Waals surface area contributed by atoms with Gasteiger partial charge in [0.25, 0.3) is 0 Å². The zero-order valence-corrected chi connectivity index (χ0v) is 10.1. The van der Waals surface area contributed by atoms with Gasteiger partial charge in [0, 0.05) is 9.50 Å². The molecule has 4 heteroatoms. The van der Waals surface area contributed by atoms with Crippen molar-refractivity contribution >= 4 is 27.5 Å². The summed E-state index contributed by atoms with van der Waals surface area (Å²) >= 11 is 9.45. The Hall–Kier alpha value is -0.770. The van der Waals surface area contributed by atoms with Gasteiger partial charge in [-0.3, -0.25) is 0 Å². The first kappa shape index (κ1) is 10.7. The maximum absolute atomic E-state index is 6.07. The molecular formula is C11H9BrClNO. The van der Waals surface area contributed by atoms with E-state index in [2.05, 4.69) is 15.9 Å². The van der Waals surface area contributed by atoms with E-state index in [1.807, 2.05) is 24.3 Å². The van der Waals surface area contributed by atoms with Crippen molar-refractivity contribution in [1.82, 2.24) is 0 Å². The van der Waals surface area contributed by atoms with Crippen molar-refractivity contribution in [3.8, 4) is 0 Å². The summed E-state index contributed by atoms with van der Waals surface area (Å²) in [6, 6.07) is 8.90. The smallest absolute Gasteiger partial charge is 0.125 e. The van der Waals surface area contributed by atoms with E-state index < -0.39 is 0 Å². The van der Waals surface area contributed by atoms with Crippen LogP contribution in [0.5, 0.6) is 0 Å². The molecule has 0 saturated carbocycles. The van der Waals surface area contributed by atoms with Gasteiger partial charge in [0.1, 0.15) is 5.76 Å². The standard InChI is InChI=1S/C11H9BrClNO/c12-7-3-4-9(13)8(6-7)11(14)10-2-1-5-15-10/h1-6,11H,14H2. The molecule has 78 valence electrons. The molecule has 15 heavy (non-hydrogen) atoms. The fourth-order valence-electron chi connectivity index (χ4n) is 1.37.